The van der Waals surface area contributed by atoms with E-state index in [9.17, 15) is 9.59 Å². The van der Waals surface area contributed by atoms with Crippen LogP contribution in [0, 0.1) is 5.92 Å². The first-order chi connectivity index (χ1) is 11.5. The van der Waals surface area contributed by atoms with Crippen LogP contribution in [0.25, 0.3) is 0 Å². The van der Waals surface area contributed by atoms with Gasteiger partial charge in [-0.25, -0.2) is 9.97 Å². The highest BCUT2D eigenvalue weighted by atomic mass is 35.5. The number of ether oxygens (including phenoxy) is 1. The maximum Gasteiger partial charge on any atom is 0.264 e. The number of amides is 1. The molecule has 0 bridgehead atoms. The third-order valence-electron chi connectivity index (χ3n) is 3.68. The van der Waals surface area contributed by atoms with E-state index in [2.05, 4.69) is 15.3 Å². The number of nitrogens with one attached hydrogen (secondary N) is 1. The Labute approximate surface area is 144 Å². The van der Waals surface area contributed by atoms with Gasteiger partial charge in [-0.1, -0.05) is 18.5 Å². The molecule has 124 valence electrons. The van der Waals surface area contributed by atoms with Crippen molar-refractivity contribution < 1.29 is 14.3 Å². The maximum atomic E-state index is 11.9. The summed E-state index contributed by atoms with van der Waals surface area (Å²) in [5.74, 6) is 0.644. The van der Waals surface area contributed by atoms with Crippen LogP contribution in [0.5, 0.6) is 5.75 Å². The Morgan fingerprint density at radius 2 is 2.08 bits per heavy atom. The van der Waals surface area contributed by atoms with Gasteiger partial charge < -0.3 is 4.74 Å². The summed E-state index contributed by atoms with van der Waals surface area (Å²) in [4.78, 5) is 32.2. The number of carbonyl (C=O) groups excluding carboxylic acids is 2. The minimum Gasteiger partial charge on any atom is -0.484 e. The SMILES string of the molecule is C[C@@H]1CC(=O)c2cnc(NC(=O)COc3ccc(Cl)cc3)nc2C1. The Morgan fingerprint density at radius 1 is 1.33 bits per heavy atom. The highest BCUT2D eigenvalue weighted by molar-refractivity contribution is 6.30. The minimum absolute atomic E-state index is 0.0488. The number of hydrogen-bond acceptors (Lipinski definition) is 5. The number of anilines is 1. The molecule has 0 unspecified atom stereocenters. The number of aromatic nitrogens is 2. The fraction of sp³-hybridized carbons (Fsp3) is 0.294. The zero-order chi connectivity index (χ0) is 17.1. The predicted molar refractivity (Wildman–Crippen MR) is 89.4 cm³/mol. The van der Waals surface area contributed by atoms with Crippen LogP contribution in [-0.2, 0) is 11.2 Å². The van der Waals surface area contributed by atoms with Crippen LogP contribution >= 0.6 is 11.6 Å². The van der Waals surface area contributed by atoms with Gasteiger partial charge in [0, 0.05) is 17.6 Å². The number of ketones is 1. The standard InChI is InChI=1S/C17H16ClN3O3/c1-10-6-14-13(15(22)7-10)8-19-17(20-14)21-16(23)9-24-12-4-2-11(18)3-5-12/h2-5,8,10H,6-7,9H2,1H3,(H,19,20,21,23)/t10-/m0/s1. The lowest BCUT2D eigenvalue weighted by molar-refractivity contribution is -0.118. The van der Waals surface area contributed by atoms with Gasteiger partial charge in [0.2, 0.25) is 5.95 Å². The predicted octanol–water partition coefficient (Wildman–Crippen LogP) is 2.91. The molecule has 3 rings (SSSR count). The number of rotatable bonds is 4. The lowest BCUT2D eigenvalue weighted by Crippen LogP contribution is -2.24. The van der Waals surface area contributed by atoms with E-state index in [1.165, 1.54) is 6.20 Å². The molecule has 1 aromatic heterocycles. The first kappa shape index (κ1) is 16.4. The van der Waals surface area contributed by atoms with Crippen LogP contribution in [0.2, 0.25) is 5.02 Å². The van der Waals surface area contributed by atoms with E-state index < -0.39 is 0 Å². The van der Waals surface area contributed by atoms with Crippen molar-refractivity contribution in [3.8, 4) is 5.75 Å². The fourth-order valence-electron chi connectivity index (χ4n) is 2.54. The second kappa shape index (κ2) is 6.97. The van der Waals surface area contributed by atoms with Crippen molar-refractivity contribution in [2.75, 3.05) is 11.9 Å². The van der Waals surface area contributed by atoms with Gasteiger partial charge in [-0.2, -0.15) is 0 Å². The van der Waals surface area contributed by atoms with Crippen LogP contribution in [0.1, 0.15) is 29.4 Å². The number of fused-ring (bicyclic) bond motifs is 1. The van der Waals surface area contributed by atoms with Crippen molar-refractivity contribution in [2.45, 2.75) is 19.8 Å². The number of Topliss-reactive ketones (excluding diaryl/α,β-unsaturated/α-hetero) is 1. The molecule has 1 aromatic carbocycles. The van der Waals surface area contributed by atoms with Gasteiger partial charge in [0.05, 0.1) is 11.3 Å². The maximum absolute atomic E-state index is 11.9. The number of hydrogen-bond donors (Lipinski definition) is 1. The number of benzene rings is 1. The second-order valence-electron chi connectivity index (χ2n) is 5.78. The first-order valence-electron chi connectivity index (χ1n) is 7.58. The smallest absolute Gasteiger partial charge is 0.264 e. The van der Waals surface area contributed by atoms with Crippen LogP contribution in [-0.4, -0.2) is 28.3 Å². The van der Waals surface area contributed by atoms with Gasteiger partial charge in [0.1, 0.15) is 5.75 Å². The zero-order valence-corrected chi connectivity index (χ0v) is 13.8. The van der Waals surface area contributed by atoms with Crippen LogP contribution in [0.3, 0.4) is 0 Å². The summed E-state index contributed by atoms with van der Waals surface area (Å²) in [6.07, 6.45) is 2.69. The Balaban J connectivity index is 1.61. The van der Waals surface area contributed by atoms with E-state index in [1.807, 2.05) is 6.92 Å². The van der Waals surface area contributed by atoms with E-state index in [0.717, 1.165) is 0 Å². The molecule has 0 fully saturated rings. The largest absolute Gasteiger partial charge is 0.484 e. The number of carbonyl (C=O) groups is 2. The molecule has 0 aliphatic heterocycles. The van der Waals surface area contributed by atoms with Gasteiger partial charge in [-0.05, 0) is 36.6 Å². The lowest BCUT2D eigenvalue weighted by Gasteiger charge is -2.19. The van der Waals surface area contributed by atoms with Crippen molar-refractivity contribution in [3.05, 3.63) is 46.7 Å². The first-order valence-corrected chi connectivity index (χ1v) is 7.96. The molecule has 1 atom stereocenters. The molecule has 1 amide bonds. The monoisotopic (exact) mass is 345 g/mol. The van der Waals surface area contributed by atoms with Gasteiger partial charge in [0.15, 0.2) is 12.4 Å². The summed E-state index contributed by atoms with van der Waals surface area (Å²) >= 11 is 5.78. The minimum atomic E-state index is -0.375. The van der Waals surface area contributed by atoms with Gasteiger partial charge in [0.25, 0.3) is 5.91 Å². The quantitative estimate of drug-likeness (QED) is 0.921. The van der Waals surface area contributed by atoms with Crippen LogP contribution in [0.15, 0.2) is 30.5 Å². The van der Waals surface area contributed by atoms with E-state index in [-0.39, 0.29) is 30.2 Å². The highest BCUT2D eigenvalue weighted by Crippen LogP contribution is 2.24. The molecule has 0 radical (unpaired) electrons. The molecule has 1 aliphatic carbocycles. The highest BCUT2D eigenvalue weighted by Gasteiger charge is 2.24. The molecule has 2 aromatic rings. The average molecular weight is 346 g/mol. The molecule has 6 nitrogen and oxygen atoms in total. The van der Waals surface area contributed by atoms with Crippen LogP contribution in [0.4, 0.5) is 5.95 Å². The molecule has 0 spiro atoms. The topological polar surface area (TPSA) is 81.2 Å². The Hall–Kier alpha value is -2.47. The molecule has 1 aliphatic rings. The summed E-state index contributed by atoms with van der Waals surface area (Å²) in [6, 6.07) is 6.72. The molecule has 1 heterocycles. The normalized spacial score (nSPS) is 16.4. The Bertz CT molecular complexity index is 777. The molecule has 1 N–H and O–H groups in total. The van der Waals surface area contributed by atoms with Crippen LogP contribution < -0.4 is 10.1 Å². The van der Waals surface area contributed by atoms with Gasteiger partial charge >= 0.3 is 0 Å². The summed E-state index contributed by atoms with van der Waals surface area (Å²) in [7, 11) is 0. The number of nitrogens with zero attached hydrogens (tertiary/aromatic N) is 2. The van der Waals surface area contributed by atoms with Gasteiger partial charge in [-0.3, -0.25) is 14.9 Å². The number of halogens is 1. The molecule has 0 saturated heterocycles. The molecular formula is C17H16ClN3O3. The second-order valence-corrected chi connectivity index (χ2v) is 6.22. The Kier molecular flexibility index (Phi) is 4.76. The lowest BCUT2D eigenvalue weighted by atomic mass is 9.88. The van der Waals surface area contributed by atoms with Crippen molar-refractivity contribution in [2.24, 2.45) is 5.92 Å². The van der Waals surface area contributed by atoms with Crippen molar-refractivity contribution >= 4 is 29.2 Å². The van der Waals surface area contributed by atoms with Crippen molar-refractivity contribution in [1.82, 2.24) is 9.97 Å². The molecule has 24 heavy (non-hydrogen) atoms. The summed E-state index contributed by atoms with van der Waals surface area (Å²) < 4.78 is 5.36. The molecular weight excluding hydrogens is 330 g/mol. The average Bonchev–Trinajstić information content (AvgIpc) is 2.54. The van der Waals surface area contributed by atoms with Crippen molar-refractivity contribution in [1.29, 1.82) is 0 Å². The van der Waals surface area contributed by atoms with E-state index in [4.69, 9.17) is 16.3 Å². The van der Waals surface area contributed by atoms with E-state index in [1.54, 1.807) is 24.3 Å². The summed E-state index contributed by atoms with van der Waals surface area (Å²) in [6.45, 7) is 1.83. The van der Waals surface area contributed by atoms with Crippen molar-refractivity contribution in [3.63, 3.8) is 0 Å². The van der Waals surface area contributed by atoms with E-state index in [0.29, 0.717) is 34.9 Å². The van der Waals surface area contributed by atoms with E-state index >= 15 is 0 Å². The molecule has 0 saturated carbocycles. The fourth-order valence-corrected chi connectivity index (χ4v) is 2.66. The third kappa shape index (κ3) is 3.89. The summed E-state index contributed by atoms with van der Waals surface area (Å²) in [5.41, 5.74) is 1.23. The zero-order valence-electron chi connectivity index (χ0n) is 13.1. The molecule has 7 heteroatoms. The van der Waals surface area contributed by atoms with Gasteiger partial charge in [-0.15, -0.1) is 0 Å². The summed E-state index contributed by atoms with van der Waals surface area (Å²) in [5, 5.41) is 3.18. The third-order valence-corrected chi connectivity index (χ3v) is 3.93. The Morgan fingerprint density at radius 3 is 2.83 bits per heavy atom.